The summed E-state index contributed by atoms with van der Waals surface area (Å²) in [6.07, 6.45) is 1.45. The Morgan fingerprint density at radius 2 is 1.52 bits per heavy atom. The minimum atomic E-state index is -3.83. The van der Waals surface area contributed by atoms with Gasteiger partial charge in [0.05, 0.1) is 0 Å². The van der Waals surface area contributed by atoms with Gasteiger partial charge in [-0.15, -0.1) is 10.2 Å². The van der Waals surface area contributed by atoms with Crippen molar-refractivity contribution in [3.05, 3.63) is 82.4 Å². The first kappa shape index (κ1) is 21.0. The second-order valence-electron chi connectivity index (χ2n) is 5.98. The highest BCUT2D eigenvalue weighted by atomic mass is 35.5. The molecule has 1 heterocycles. The van der Waals surface area contributed by atoms with Crippen molar-refractivity contribution in [3.8, 4) is 0 Å². The maximum atomic E-state index is 12.2. The zero-order valence-corrected chi connectivity index (χ0v) is 17.3. The van der Waals surface area contributed by atoms with E-state index in [1.54, 1.807) is 24.3 Å². The quantitative estimate of drug-likeness (QED) is 0.555. The topological polar surface area (TPSA) is 119 Å². The van der Waals surface area contributed by atoms with Crippen LogP contribution in [-0.2, 0) is 31.4 Å². The molecule has 0 spiro atoms. The molecular weight excluding hydrogens is 438 g/mol. The van der Waals surface area contributed by atoms with E-state index in [1.165, 1.54) is 30.3 Å². The lowest BCUT2D eigenvalue weighted by atomic mass is 10.2. The summed E-state index contributed by atoms with van der Waals surface area (Å²) in [6.45, 7) is 0. The number of rotatable bonds is 8. The van der Waals surface area contributed by atoms with E-state index < -0.39 is 31.4 Å². The average Bonchev–Trinajstić information content (AvgIpc) is 3.08. The molecule has 2 aromatic carbocycles. The summed E-state index contributed by atoms with van der Waals surface area (Å²) in [5, 5.41) is 8.75. The highest BCUT2D eigenvalue weighted by Gasteiger charge is 2.19. The normalized spacial score (nSPS) is 12.3. The van der Waals surface area contributed by atoms with Crippen molar-refractivity contribution in [1.29, 1.82) is 0 Å². The second-order valence-corrected chi connectivity index (χ2v) is 10.0. The zero-order valence-electron chi connectivity index (χ0n) is 14.9. The Morgan fingerprint density at radius 1 is 0.897 bits per heavy atom. The molecule has 152 valence electrons. The van der Waals surface area contributed by atoms with Crippen molar-refractivity contribution in [3.63, 3.8) is 0 Å². The van der Waals surface area contributed by atoms with Crippen molar-refractivity contribution >= 4 is 43.2 Å². The fraction of sp³-hybridized carbons (Fsp3) is 0.111. The van der Waals surface area contributed by atoms with Gasteiger partial charge in [0.2, 0.25) is 21.8 Å². The molecule has 0 unspecified atom stereocenters. The van der Waals surface area contributed by atoms with E-state index in [9.17, 15) is 16.8 Å². The summed E-state index contributed by atoms with van der Waals surface area (Å²) in [5.41, 5.74) is 1.05. The van der Waals surface area contributed by atoms with E-state index in [-0.39, 0.29) is 11.8 Å². The predicted molar refractivity (Wildman–Crippen MR) is 110 cm³/mol. The number of nitrogens with zero attached hydrogens (tertiary/aromatic N) is 2. The van der Waals surface area contributed by atoms with E-state index in [4.69, 9.17) is 16.0 Å². The van der Waals surface area contributed by atoms with Gasteiger partial charge in [-0.2, -0.15) is 0 Å². The molecule has 0 radical (unpaired) electrons. The fourth-order valence-electron chi connectivity index (χ4n) is 2.27. The van der Waals surface area contributed by atoms with Crippen LogP contribution in [0.4, 0.5) is 5.69 Å². The molecule has 0 aliphatic rings. The summed E-state index contributed by atoms with van der Waals surface area (Å²) in [7, 11) is -7.50. The number of halogens is 1. The molecule has 0 aliphatic heterocycles. The molecule has 0 bridgehead atoms. The Kier molecular flexibility index (Phi) is 6.36. The minimum Gasteiger partial charge on any atom is -0.423 e. The number of sulfone groups is 1. The molecule has 3 aromatic rings. The van der Waals surface area contributed by atoms with Crippen LogP contribution in [0.1, 0.15) is 17.3 Å². The van der Waals surface area contributed by atoms with E-state index >= 15 is 0 Å². The van der Waals surface area contributed by atoms with E-state index in [2.05, 4.69) is 14.9 Å². The fourth-order valence-corrected chi connectivity index (χ4v) is 4.32. The molecule has 1 N–H and O–H groups in total. The predicted octanol–water partition coefficient (Wildman–Crippen LogP) is 3.25. The van der Waals surface area contributed by atoms with Gasteiger partial charge < -0.3 is 4.42 Å². The van der Waals surface area contributed by atoms with Crippen molar-refractivity contribution in [1.82, 2.24) is 10.2 Å². The van der Waals surface area contributed by atoms with Gasteiger partial charge in [0.25, 0.3) is 0 Å². The molecule has 1 aromatic heterocycles. The summed E-state index contributed by atoms with van der Waals surface area (Å²) >= 11 is 5.76. The van der Waals surface area contributed by atoms with Crippen LogP contribution in [-0.4, -0.2) is 27.0 Å². The third-order valence-electron chi connectivity index (χ3n) is 3.53. The number of hydrogen-bond acceptors (Lipinski definition) is 7. The van der Waals surface area contributed by atoms with Crippen LogP contribution in [0.5, 0.6) is 0 Å². The number of anilines is 1. The standard InChI is InChI=1S/C18H16ClN3O5S2/c19-15-6-8-16(9-7-15)22-29(25,26)13-18-21-20-17(27-18)12-28(23,24)11-10-14-4-2-1-3-5-14/h1-11,22H,12-13H2. The smallest absolute Gasteiger partial charge is 0.241 e. The van der Waals surface area contributed by atoms with Crippen LogP contribution in [0.2, 0.25) is 5.02 Å². The molecule has 29 heavy (non-hydrogen) atoms. The number of nitrogens with one attached hydrogen (secondary N) is 1. The van der Waals surface area contributed by atoms with Gasteiger partial charge in [-0.05, 0) is 35.9 Å². The Balaban J connectivity index is 1.64. The highest BCUT2D eigenvalue weighted by molar-refractivity contribution is 7.93. The molecule has 0 aliphatic carbocycles. The molecule has 0 saturated carbocycles. The van der Waals surface area contributed by atoms with Crippen LogP contribution >= 0.6 is 11.6 Å². The second kappa shape index (κ2) is 8.76. The molecule has 11 heteroatoms. The van der Waals surface area contributed by atoms with E-state index in [1.807, 2.05) is 6.07 Å². The van der Waals surface area contributed by atoms with Crippen LogP contribution in [0, 0.1) is 0 Å². The van der Waals surface area contributed by atoms with Gasteiger partial charge in [0.15, 0.2) is 9.84 Å². The van der Waals surface area contributed by atoms with Gasteiger partial charge >= 0.3 is 0 Å². The van der Waals surface area contributed by atoms with Gasteiger partial charge in [-0.1, -0.05) is 41.9 Å². The maximum absolute atomic E-state index is 12.2. The Bertz CT molecular complexity index is 1210. The number of aromatic nitrogens is 2. The monoisotopic (exact) mass is 453 g/mol. The molecular formula is C18H16ClN3O5S2. The summed E-state index contributed by atoms with van der Waals surface area (Å²) in [5.74, 6) is -1.54. The van der Waals surface area contributed by atoms with Crippen molar-refractivity contribution in [2.24, 2.45) is 0 Å². The summed E-state index contributed by atoms with van der Waals surface area (Å²) < 4.78 is 56.3. The van der Waals surface area contributed by atoms with Crippen molar-refractivity contribution in [2.45, 2.75) is 11.5 Å². The Labute approximate surface area is 173 Å². The summed E-state index contributed by atoms with van der Waals surface area (Å²) in [4.78, 5) is 0. The van der Waals surface area contributed by atoms with Crippen LogP contribution in [0.25, 0.3) is 6.08 Å². The molecule has 0 amide bonds. The average molecular weight is 454 g/mol. The first-order chi connectivity index (χ1) is 13.7. The third kappa shape index (κ3) is 6.70. The van der Waals surface area contributed by atoms with Crippen LogP contribution < -0.4 is 4.72 Å². The van der Waals surface area contributed by atoms with Crippen LogP contribution in [0.15, 0.2) is 64.4 Å². The largest absolute Gasteiger partial charge is 0.423 e. The highest BCUT2D eigenvalue weighted by Crippen LogP contribution is 2.17. The van der Waals surface area contributed by atoms with Crippen molar-refractivity contribution in [2.75, 3.05) is 4.72 Å². The number of sulfonamides is 1. The van der Waals surface area contributed by atoms with Gasteiger partial charge in [0.1, 0.15) is 11.5 Å². The zero-order chi connectivity index (χ0) is 20.9. The molecule has 3 rings (SSSR count). The first-order valence-corrected chi connectivity index (χ1v) is 12.0. The molecule has 0 saturated heterocycles. The summed E-state index contributed by atoms with van der Waals surface area (Å²) in [6, 6.07) is 15.0. The lowest BCUT2D eigenvalue weighted by Crippen LogP contribution is -2.15. The maximum Gasteiger partial charge on any atom is 0.241 e. The van der Waals surface area contributed by atoms with Gasteiger partial charge in [-0.3, -0.25) is 4.72 Å². The number of hydrogen-bond donors (Lipinski definition) is 1. The Hall–Kier alpha value is -2.69. The van der Waals surface area contributed by atoms with E-state index in [0.29, 0.717) is 10.7 Å². The first-order valence-electron chi connectivity index (χ1n) is 8.24. The third-order valence-corrected chi connectivity index (χ3v) is 6.16. The lowest BCUT2D eigenvalue weighted by molar-refractivity contribution is 0.473. The van der Waals surface area contributed by atoms with Crippen molar-refractivity contribution < 1.29 is 21.3 Å². The SMILES string of the molecule is O=S(=O)(C=Cc1ccccc1)Cc1nnc(CS(=O)(=O)Nc2ccc(Cl)cc2)o1. The number of benzene rings is 2. The van der Waals surface area contributed by atoms with E-state index in [0.717, 1.165) is 11.0 Å². The van der Waals surface area contributed by atoms with Gasteiger partial charge in [0, 0.05) is 16.1 Å². The Morgan fingerprint density at radius 3 is 2.17 bits per heavy atom. The lowest BCUT2D eigenvalue weighted by Gasteiger charge is -2.05. The molecule has 0 atom stereocenters. The molecule has 8 nitrogen and oxygen atoms in total. The minimum absolute atomic E-state index is 0.195. The van der Waals surface area contributed by atoms with Gasteiger partial charge in [-0.25, -0.2) is 16.8 Å². The molecule has 0 fully saturated rings. The van der Waals surface area contributed by atoms with Crippen LogP contribution in [0.3, 0.4) is 0 Å².